The molecule has 6 heteroatoms. The predicted molar refractivity (Wildman–Crippen MR) is 88.0 cm³/mol. The first kappa shape index (κ1) is 15.7. The van der Waals surface area contributed by atoms with E-state index in [1.807, 2.05) is 12.1 Å². The Balaban J connectivity index is 1.33. The molecule has 6 nitrogen and oxygen atoms in total. The number of nitrogens with zero attached hydrogens (tertiary/aromatic N) is 2. The number of furan rings is 1. The predicted octanol–water partition coefficient (Wildman–Crippen LogP) is 1.37. The molecule has 1 aromatic rings. The number of nitrogens with one attached hydrogen (secondary N) is 1. The maximum atomic E-state index is 12.6. The number of hydrogen-bond acceptors (Lipinski definition) is 4. The van der Waals surface area contributed by atoms with Crippen LogP contribution in [0, 0.1) is 5.92 Å². The van der Waals surface area contributed by atoms with Gasteiger partial charge in [0.25, 0.3) is 0 Å². The Kier molecular flexibility index (Phi) is 4.31. The average molecular weight is 331 g/mol. The Hall–Kier alpha value is -1.82. The SMILES string of the molecule is O=C(N[C@@H]1CCN2CCCC[C@H]12)[C@H]1CC(=O)N(Cc2ccco2)C1. The average Bonchev–Trinajstić information content (AvgIpc) is 3.30. The molecule has 3 aliphatic rings. The smallest absolute Gasteiger partial charge is 0.225 e. The summed E-state index contributed by atoms with van der Waals surface area (Å²) in [6, 6.07) is 4.43. The van der Waals surface area contributed by atoms with E-state index >= 15 is 0 Å². The Morgan fingerprint density at radius 2 is 2.21 bits per heavy atom. The number of amides is 2. The van der Waals surface area contributed by atoms with Crippen LogP contribution in [0.3, 0.4) is 0 Å². The quantitative estimate of drug-likeness (QED) is 0.905. The normalized spacial score (nSPS) is 30.6. The molecule has 0 bridgehead atoms. The van der Waals surface area contributed by atoms with Crippen LogP contribution in [0.2, 0.25) is 0 Å². The van der Waals surface area contributed by atoms with Gasteiger partial charge >= 0.3 is 0 Å². The first-order chi connectivity index (χ1) is 11.7. The molecule has 24 heavy (non-hydrogen) atoms. The van der Waals surface area contributed by atoms with Crippen molar-refractivity contribution in [2.75, 3.05) is 19.6 Å². The Morgan fingerprint density at radius 1 is 1.29 bits per heavy atom. The second-order valence-electron chi connectivity index (χ2n) is 7.26. The lowest BCUT2D eigenvalue weighted by molar-refractivity contribution is -0.129. The van der Waals surface area contributed by atoms with Crippen LogP contribution in [0.15, 0.2) is 22.8 Å². The van der Waals surface area contributed by atoms with E-state index in [1.54, 1.807) is 11.2 Å². The van der Waals surface area contributed by atoms with Gasteiger partial charge in [-0.05, 0) is 37.9 Å². The molecule has 4 heterocycles. The van der Waals surface area contributed by atoms with Crippen molar-refractivity contribution in [2.45, 2.75) is 50.7 Å². The number of fused-ring (bicyclic) bond motifs is 1. The number of likely N-dealkylation sites (tertiary alicyclic amines) is 1. The molecule has 130 valence electrons. The largest absolute Gasteiger partial charge is 0.467 e. The molecule has 3 aliphatic heterocycles. The van der Waals surface area contributed by atoms with Gasteiger partial charge in [-0.15, -0.1) is 0 Å². The van der Waals surface area contributed by atoms with Crippen molar-refractivity contribution in [3.63, 3.8) is 0 Å². The Labute approximate surface area is 142 Å². The molecule has 4 rings (SSSR count). The van der Waals surface area contributed by atoms with Crippen molar-refractivity contribution in [3.05, 3.63) is 24.2 Å². The van der Waals surface area contributed by atoms with Gasteiger partial charge in [0.05, 0.1) is 18.7 Å². The minimum absolute atomic E-state index is 0.0391. The number of piperidine rings is 1. The maximum absolute atomic E-state index is 12.6. The topological polar surface area (TPSA) is 65.8 Å². The summed E-state index contributed by atoms with van der Waals surface area (Å²) in [5, 5.41) is 3.24. The molecule has 0 aromatic carbocycles. The molecule has 0 aliphatic carbocycles. The standard InChI is InChI=1S/C18H25N3O3/c22-17-10-13(11-21(17)12-14-4-3-9-24-14)18(23)19-15-6-8-20-7-2-1-5-16(15)20/h3-4,9,13,15-16H,1-2,5-8,10-12H2,(H,19,23)/t13-,15+,16+/m0/s1. The number of carbonyl (C=O) groups excluding carboxylic acids is 2. The van der Waals surface area contributed by atoms with Gasteiger partial charge in [0.2, 0.25) is 11.8 Å². The number of hydrogen-bond donors (Lipinski definition) is 1. The van der Waals surface area contributed by atoms with Gasteiger partial charge in [-0.1, -0.05) is 6.42 Å². The zero-order chi connectivity index (χ0) is 16.5. The van der Waals surface area contributed by atoms with Crippen LogP contribution in [0.5, 0.6) is 0 Å². The van der Waals surface area contributed by atoms with Gasteiger partial charge in [0.15, 0.2) is 0 Å². The molecule has 0 radical (unpaired) electrons. The zero-order valence-corrected chi connectivity index (χ0v) is 13.9. The van der Waals surface area contributed by atoms with Gasteiger partial charge in [-0.3, -0.25) is 14.5 Å². The molecule has 0 unspecified atom stereocenters. The van der Waals surface area contributed by atoms with Crippen LogP contribution in [0.1, 0.15) is 37.9 Å². The monoisotopic (exact) mass is 331 g/mol. The summed E-state index contributed by atoms with van der Waals surface area (Å²) >= 11 is 0. The fourth-order valence-electron chi connectivity index (χ4n) is 4.41. The van der Waals surface area contributed by atoms with E-state index in [0.29, 0.717) is 25.6 Å². The third kappa shape index (κ3) is 3.07. The van der Waals surface area contributed by atoms with Crippen molar-refractivity contribution in [2.24, 2.45) is 5.92 Å². The van der Waals surface area contributed by atoms with Gasteiger partial charge in [0.1, 0.15) is 5.76 Å². The zero-order valence-electron chi connectivity index (χ0n) is 13.9. The van der Waals surface area contributed by atoms with Gasteiger partial charge in [0, 0.05) is 31.6 Å². The molecule has 0 saturated carbocycles. The highest BCUT2D eigenvalue weighted by atomic mass is 16.3. The molecule has 1 aromatic heterocycles. The van der Waals surface area contributed by atoms with Crippen LogP contribution in [-0.2, 0) is 16.1 Å². The molecule has 1 N–H and O–H groups in total. The van der Waals surface area contributed by atoms with E-state index < -0.39 is 0 Å². The van der Waals surface area contributed by atoms with E-state index in [9.17, 15) is 9.59 Å². The Bertz CT molecular complexity index is 601. The minimum atomic E-state index is -0.231. The van der Waals surface area contributed by atoms with E-state index in [0.717, 1.165) is 25.3 Å². The summed E-state index contributed by atoms with van der Waals surface area (Å²) in [4.78, 5) is 29.1. The fraction of sp³-hybridized carbons (Fsp3) is 0.667. The number of carbonyl (C=O) groups is 2. The highest BCUT2D eigenvalue weighted by molar-refractivity contribution is 5.89. The third-order valence-corrected chi connectivity index (χ3v) is 5.70. The Morgan fingerprint density at radius 3 is 3.04 bits per heavy atom. The summed E-state index contributed by atoms with van der Waals surface area (Å²) in [7, 11) is 0. The maximum Gasteiger partial charge on any atom is 0.225 e. The summed E-state index contributed by atoms with van der Waals surface area (Å²) in [6.07, 6.45) is 6.67. The summed E-state index contributed by atoms with van der Waals surface area (Å²) in [6.45, 7) is 3.20. The van der Waals surface area contributed by atoms with Crippen molar-refractivity contribution in [1.82, 2.24) is 15.1 Å². The molecule has 0 spiro atoms. The number of rotatable bonds is 4. The van der Waals surface area contributed by atoms with Crippen molar-refractivity contribution in [1.29, 1.82) is 0 Å². The molecular formula is C18H25N3O3. The first-order valence-electron chi connectivity index (χ1n) is 9.05. The van der Waals surface area contributed by atoms with Crippen LogP contribution < -0.4 is 5.32 Å². The molecule has 3 atom stereocenters. The molecule has 3 saturated heterocycles. The van der Waals surface area contributed by atoms with E-state index in [-0.39, 0.29) is 23.8 Å². The lowest BCUT2D eigenvalue weighted by Crippen LogP contribution is -2.48. The van der Waals surface area contributed by atoms with Crippen molar-refractivity contribution < 1.29 is 14.0 Å². The lowest BCUT2D eigenvalue weighted by atomic mass is 9.98. The summed E-state index contributed by atoms with van der Waals surface area (Å²) < 4.78 is 5.31. The fourth-order valence-corrected chi connectivity index (χ4v) is 4.41. The van der Waals surface area contributed by atoms with Gasteiger partial charge in [-0.2, -0.15) is 0 Å². The van der Waals surface area contributed by atoms with Gasteiger partial charge < -0.3 is 14.6 Å². The highest BCUT2D eigenvalue weighted by Crippen LogP contribution is 2.28. The lowest BCUT2D eigenvalue weighted by Gasteiger charge is -2.32. The molecular weight excluding hydrogens is 306 g/mol. The van der Waals surface area contributed by atoms with Crippen LogP contribution in [-0.4, -0.2) is 53.3 Å². The second kappa shape index (κ2) is 6.59. The van der Waals surface area contributed by atoms with Crippen molar-refractivity contribution >= 4 is 11.8 Å². The highest BCUT2D eigenvalue weighted by Gasteiger charge is 2.39. The van der Waals surface area contributed by atoms with Crippen LogP contribution in [0.25, 0.3) is 0 Å². The minimum Gasteiger partial charge on any atom is -0.467 e. The first-order valence-corrected chi connectivity index (χ1v) is 9.05. The molecule has 2 amide bonds. The molecule has 3 fully saturated rings. The second-order valence-corrected chi connectivity index (χ2v) is 7.26. The summed E-state index contributed by atoms with van der Waals surface area (Å²) in [5.41, 5.74) is 0. The third-order valence-electron chi connectivity index (χ3n) is 5.70. The van der Waals surface area contributed by atoms with E-state index in [1.165, 1.54) is 19.3 Å². The van der Waals surface area contributed by atoms with E-state index in [2.05, 4.69) is 10.2 Å². The van der Waals surface area contributed by atoms with Crippen LogP contribution >= 0.6 is 0 Å². The van der Waals surface area contributed by atoms with E-state index in [4.69, 9.17) is 4.42 Å². The van der Waals surface area contributed by atoms with Gasteiger partial charge in [-0.25, -0.2) is 0 Å². The van der Waals surface area contributed by atoms with Crippen molar-refractivity contribution in [3.8, 4) is 0 Å². The van der Waals surface area contributed by atoms with Crippen LogP contribution in [0.4, 0.5) is 0 Å². The summed E-state index contributed by atoms with van der Waals surface area (Å²) in [5.74, 6) is 0.614.